The molecule has 0 aliphatic carbocycles. The van der Waals surface area contributed by atoms with Gasteiger partial charge in [0.25, 0.3) is 0 Å². The molecule has 0 saturated heterocycles. The van der Waals surface area contributed by atoms with Crippen LogP contribution in [0, 0.1) is 12.8 Å². The quantitative estimate of drug-likeness (QED) is 0.775. The molecule has 6 nitrogen and oxygen atoms in total. The van der Waals surface area contributed by atoms with E-state index in [0.29, 0.717) is 5.92 Å². The van der Waals surface area contributed by atoms with Crippen LogP contribution in [-0.4, -0.2) is 24.7 Å². The van der Waals surface area contributed by atoms with Crippen molar-refractivity contribution in [2.45, 2.75) is 40.2 Å². The van der Waals surface area contributed by atoms with Crippen molar-refractivity contribution in [3.8, 4) is 0 Å². The third-order valence-corrected chi connectivity index (χ3v) is 4.66. The summed E-state index contributed by atoms with van der Waals surface area (Å²) in [6, 6.07) is 0.0202. The highest BCUT2D eigenvalue weighted by atomic mass is 32.1. The van der Waals surface area contributed by atoms with Crippen molar-refractivity contribution in [3.05, 3.63) is 28.9 Å². The molecule has 0 amide bonds. The van der Waals surface area contributed by atoms with Gasteiger partial charge in [0.15, 0.2) is 5.82 Å². The Kier molecular flexibility index (Phi) is 4.30. The van der Waals surface area contributed by atoms with Crippen molar-refractivity contribution in [2.24, 2.45) is 13.0 Å². The fourth-order valence-electron chi connectivity index (χ4n) is 2.76. The highest BCUT2D eigenvalue weighted by molar-refractivity contribution is 7.17. The van der Waals surface area contributed by atoms with Crippen molar-refractivity contribution in [3.63, 3.8) is 0 Å². The number of nitrogens with one attached hydrogen (secondary N) is 1. The summed E-state index contributed by atoms with van der Waals surface area (Å²) in [5.74, 6) is 3.15. The van der Waals surface area contributed by atoms with Crippen molar-refractivity contribution in [1.29, 1.82) is 0 Å². The number of nitrogens with zero attached hydrogens (tertiary/aromatic N) is 5. The van der Waals surface area contributed by atoms with Crippen molar-refractivity contribution in [1.82, 2.24) is 24.7 Å². The van der Waals surface area contributed by atoms with Crippen LogP contribution in [0.15, 0.2) is 11.7 Å². The Balaban J connectivity index is 2.01. The molecule has 1 N–H and O–H groups in total. The molecule has 1 atom stereocenters. The van der Waals surface area contributed by atoms with Crippen LogP contribution in [-0.2, 0) is 13.5 Å². The number of fused-ring (bicyclic) bond motifs is 1. The van der Waals surface area contributed by atoms with Crippen LogP contribution in [0.25, 0.3) is 10.2 Å². The first kappa shape index (κ1) is 15.9. The first-order valence-electron chi connectivity index (χ1n) is 7.80. The summed E-state index contributed by atoms with van der Waals surface area (Å²) in [5, 5.41) is 15.0. The summed E-state index contributed by atoms with van der Waals surface area (Å²) < 4.78 is 1.92. The van der Waals surface area contributed by atoms with Gasteiger partial charge in [-0.25, -0.2) is 9.97 Å². The van der Waals surface area contributed by atoms with E-state index in [1.54, 1.807) is 17.7 Å². The number of hydrogen-bond donors (Lipinski definition) is 1. The molecule has 3 aromatic rings. The van der Waals surface area contributed by atoms with Gasteiger partial charge in [0, 0.05) is 7.05 Å². The standard InChI is InChI=1S/C16H22N6S/c1-9(2)6-12-7-23-16-13(12)14(19-11(4)20-16)18-10(3)15-21-17-8-22(15)5/h7-10H,6H2,1-5H3,(H,18,19,20)/t10-/m1/s1. The van der Waals surface area contributed by atoms with Crippen LogP contribution in [0.3, 0.4) is 0 Å². The fourth-order valence-corrected chi connectivity index (χ4v) is 3.75. The maximum absolute atomic E-state index is 4.65. The number of aromatic nitrogens is 5. The minimum atomic E-state index is 0.0202. The van der Waals surface area contributed by atoms with Gasteiger partial charge in [-0.15, -0.1) is 21.5 Å². The zero-order chi connectivity index (χ0) is 16.6. The fraction of sp³-hybridized carbons (Fsp3) is 0.500. The van der Waals surface area contributed by atoms with Crippen LogP contribution < -0.4 is 5.32 Å². The topological polar surface area (TPSA) is 68.5 Å². The normalized spacial score (nSPS) is 13.0. The van der Waals surface area contributed by atoms with Crippen LogP contribution in [0.2, 0.25) is 0 Å². The van der Waals surface area contributed by atoms with Crippen LogP contribution in [0.4, 0.5) is 5.82 Å². The maximum atomic E-state index is 4.65. The Labute approximate surface area is 140 Å². The Bertz CT molecular complexity index is 819. The molecular weight excluding hydrogens is 308 g/mol. The highest BCUT2D eigenvalue weighted by Gasteiger charge is 2.18. The van der Waals surface area contributed by atoms with Gasteiger partial charge in [-0.3, -0.25) is 0 Å². The zero-order valence-electron chi connectivity index (χ0n) is 14.2. The highest BCUT2D eigenvalue weighted by Crippen LogP contribution is 2.33. The molecule has 7 heteroatoms. The summed E-state index contributed by atoms with van der Waals surface area (Å²) in [5.41, 5.74) is 1.31. The SMILES string of the molecule is Cc1nc(N[C@H](C)c2nncn2C)c2c(CC(C)C)csc2n1. The lowest BCUT2D eigenvalue weighted by Crippen LogP contribution is -2.14. The minimum Gasteiger partial charge on any atom is -0.360 e. The van der Waals surface area contributed by atoms with E-state index in [0.717, 1.165) is 34.1 Å². The van der Waals surface area contributed by atoms with Gasteiger partial charge in [0.2, 0.25) is 0 Å². The Morgan fingerprint density at radius 2 is 2.04 bits per heavy atom. The molecule has 0 bridgehead atoms. The van der Waals surface area contributed by atoms with Gasteiger partial charge < -0.3 is 9.88 Å². The number of aryl methyl sites for hydroxylation is 2. The number of rotatable bonds is 5. The van der Waals surface area contributed by atoms with Gasteiger partial charge in [-0.05, 0) is 37.1 Å². The second-order valence-corrected chi connectivity index (χ2v) is 7.18. The van der Waals surface area contributed by atoms with E-state index in [1.165, 1.54) is 5.56 Å². The van der Waals surface area contributed by atoms with Gasteiger partial charge >= 0.3 is 0 Å². The summed E-state index contributed by atoms with van der Waals surface area (Å²) in [6.07, 6.45) is 2.74. The molecule has 122 valence electrons. The van der Waals surface area contributed by atoms with Crippen molar-refractivity contribution >= 4 is 27.4 Å². The maximum Gasteiger partial charge on any atom is 0.154 e. The van der Waals surface area contributed by atoms with E-state index in [4.69, 9.17) is 0 Å². The second kappa shape index (κ2) is 6.23. The molecule has 0 aromatic carbocycles. The number of anilines is 1. The predicted molar refractivity (Wildman–Crippen MR) is 93.7 cm³/mol. The van der Waals surface area contributed by atoms with Gasteiger partial charge in [0.1, 0.15) is 22.8 Å². The van der Waals surface area contributed by atoms with Crippen LogP contribution in [0.1, 0.15) is 44.0 Å². The molecule has 0 fully saturated rings. The largest absolute Gasteiger partial charge is 0.360 e. The van der Waals surface area contributed by atoms with E-state index >= 15 is 0 Å². The van der Waals surface area contributed by atoms with E-state index in [9.17, 15) is 0 Å². The minimum absolute atomic E-state index is 0.0202. The van der Waals surface area contributed by atoms with Crippen molar-refractivity contribution in [2.75, 3.05) is 5.32 Å². The molecule has 0 radical (unpaired) electrons. The third kappa shape index (κ3) is 3.19. The predicted octanol–water partition coefficient (Wildman–Crippen LogP) is 3.50. The Morgan fingerprint density at radius 1 is 1.26 bits per heavy atom. The average Bonchev–Trinajstić information content (AvgIpc) is 3.05. The van der Waals surface area contributed by atoms with Gasteiger partial charge in [0.05, 0.1) is 11.4 Å². The third-order valence-electron chi connectivity index (χ3n) is 3.74. The molecule has 0 spiro atoms. The Morgan fingerprint density at radius 3 is 2.70 bits per heavy atom. The van der Waals surface area contributed by atoms with E-state index in [1.807, 2.05) is 18.5 Å². The van der Waals surface area contributed by atoms with Gasteiger partial charge in [-0.1, -0.05) is 13.8 Å². The van der Waals surface area contributed by atoms with Crippen molar-refractivity contribution < 1.29 is 0 Å². The lowest BCUT2D eigenvalue weighted by Gasteiger charge is -2.15. The molecule has 0 aliphatic rings. The van der Waals surface area contributed by atoms with E-state index in [-0.39, 0.29) is 6.04 Å². The Hall–Kier alpha value is -2.02. The zero-order valence-corrected chi connectivity index (χ0v) is 15.0. The second-order valence-electron chi connectivity index (χ2n) is 6.32. The molecule has 23 heavy (non-hydrogen) atoms. The van der Waals surface area contributed by atoms with Crippen LogP contribution in [0.5, 0.6) is 0 Å². The summed E-state index contributed by atoms with van der Waals surface area (Å²) in [4.78, 5) is 10.3. The van der Waals surface area contributed by atoms with E-state index in [2.05, 4.69) is 51.6 Å². The first-order chi connectivity index (χ1) is 11.0. The summed E-state index contributed by atoms with van der Waals surface area (Å²) >= 11 is 1.69. The average molecular weight is 330 g/mol. The summed E-state index contributed by atoms with van der Waals surface area (Å²) in [6.45, 7) is 8.46. The smallest absolute Gasteiger partial charge is 0.154 e. The number of hydrogen-bond acceptors (Lipinski definition) is 6. The van der Waals surface area contributed by atoms with Gasteiger partial charge in [-0.2, -0.15) is 0 Å². The molecule has 0 unspecified atom stereocenters. The molecule has 3 rings (SSSR count). The molecular formula is C16H22N6S. The van der Waals surface area contributed by atoms with E-state index < -0.39 is 0 Å². The first-order valence-corrected chi connectivity index (χ1v) is 8.68. The molecule has 3 aromatic heterocycles. The number of thiophene rings is 1. The molecule has 0 aliphatic heterocycles. The van der Waals surface area contributed by atoms with Crippen LogP contribution >= 0.6 is 11.3 Å². The lowest BCUT2D eigenvalue weighted by atomic mass is 10.0. The lowest BCUT2D eigenvalue weighted by molar-refractivity contribution is 0.651. The monoisotopic (exact) mass is 330 g/mol. The summed E-state index contributed by atoms with van der Waals surface area (Å²) in [7, 11) is 1.95. The molecule has 3 heterocycles. The molecule has 0 saturated carbocycles.